The van der Waals surface area contributed by atoms with Gasteiger partial charge >= 0.3 is 5.97 Å². The molecule has 1 aromatic heterocycles. The third kappa shape index (κ3) is 3.02. The van der Waals surface area contributed by atoms with Gasteiger partial charge < -0.3 is 9.15 Å². The van der Waals surface area contributed by atoms with Gasteiger partial charge in [-0.1, -0.05) is 30.9 Å². The molecule has 2 aromatic rings. The number of rotatable bonds is 2. The molecule has 0 bridgehead atoms. The minimum absolute atomic E-state index is 0.155. The maximum atomic E-state index is 12.4. The summed E-state index contributed by atoms with van der Waals surface area (Å²) in [6.45, 7) is 1.30. The molecule has 116 valence electrons. The number of benzene rings is 1. The van der Waals surface area contributed by atoms with Gasteiger partial charge in [0.05, 0.1) is 5.39 Å². The van der Waals surface area contributed by atoms with Gasteiger partial charge in [0.15, 0.2) is 16.8 Å². The van der Waals surface area contributed by atoms with Crippen LogP contribution in [-0.4, -0.2) is 5.97 Å². The molecule has 5 heteroatoms. The molecule has 0 N–H and O–H groups in total. The molecule has 22 heavy (non-hydrogen) atoms. The molecule has 1 fully saturated rings. The summed E-state index contributed by atoms with van der Waals surface area (Å²) in [6, 6.07) is 4.59. The van der Waals surface area contributed by atoms with Crippen LogP contribution < -0.4 is 10.2 Å². The van der Waals surface area contributed by atoms with E-state index in [2.05, 4.69) is 0 Å². The van der Waals surface area contributed by atoms with Crippen LogP contribution in [-0.2, 0) is 4.79 Å². The first-order chi connectivity index (χ1) is 10.5. The Hall–Kier alpha value is -1.81. The third-order valence-corrected chi connectivity index (χ3v) is 4.26. The first-order valence-electron chi connectivity index (χ1n) is 7.50. The molecule has 3 rings (SSSR count). The molecule has 0 spiro atoms. The van der Waals surface area contributed by atoms with E-state index in [1.54, 1.807) is 12.1 Å². The smallest absolute Gasteiger partial charge is 0.308 e. The Morgan fingerprint density at radius 1 is 1.23 bits per heavy atom. The first kappa shape index (κ1) is 15.1. The zero-order chi connectivity index (χ0) is 15.7. The lowest BCUT2D eigenvalue weighted by Crippen LogP contribution is -2.10. The minimum Gasteiger partial charge on any atom is -0.457 e. The van der Waals surface area contributed by atoms with E-state index in [4.69, 9.17) is 20.8 Å². The van der Waals surface area contributed by atoms with E-state index in [1.807, 2.05) is 0 Å². The first-order valence-corrected chi connectivity index (χ1v) is 7.88. The highest BCUT2D eigenvalue weighted by molar-refractivity contribution is 6.31. The number of hydrogen-bond donors (Lipinski definition) is 0. The van der Waals surface area contributed by atoms with Crippen LogP contribution in [0.15, 0.2) is 27.4 Å². The summed E-state index contributed by atoms with van der Waals surface area (Å²) in [5, 5.41) is 0.671. The van der Waals surface area contributed by atoms with E-state index in [1.165, 1.54) is 19.4 Å². The molecule has 4 nitrogen and oxygen atoms in total. The Morgan fingerprint density at radius 3 is 2.64 bits per heavy atom. The van der Waals surface area contributed by atoms with Crippen molar-refractivity contribution in [3.63, 3.8) is 0 Å². The minimum atomic E-state index is -0.478. The Bertz CT molecular complexity index is 772. The lowest BCUT2D eigenvalue weighted by Gasteiger charge is -2.20. The van der Waals surface area contributed by atoms with Gasteiger partial charge in [0.25, 0.3) is 0 Å². The van der Waals surface area contributed by atoms with Crippen LogP contribution in [0, 0.1) is 0 Å². The highest BCUT2D eigenvalue weighted by Gasteiger charge is 2.21. The molecule has 0 atom stereocenters. The van der Waals surface area contributed by atoms with Crippen LogP contribution in [0.5, 0.6) is 5.75 Å². The summed E-state index contributed by atoms with van der Waals surface area (Å²) >= 11 is 6.00. The maximum Gasteiger partial charge on any atom is 0.308 e. The van der Waals surface area contributed by atoms with Crippen LogP contribution in [0.3, 0.4) is 0 Å². The standard InChI is InChI=1S/C17H17ClO4/c1-10(19)21-16-8-12(18)7-13-14(20)9-15(22-17(13)16)11-5-3-2-4-6-11/h7-9,11H,2-6H2,1H3. The zero-order valence-electron chi connectivity index (χ0n) is 12.4. The molecule has 0 saturated heterocycles. The van der Waals surface area contributed by atoms with E-state index in [9.17, 15) is 9.59 Å². The number of hydrogen-bond acceptors (Lipinski definition) is 4. The van der Waals surface area contributed by atoms with Crippen molar-refractivity contribution in [2.24, 2.45) is 0 Å². The number of carbonyl (C=O) groups is 1. The van der Waals surface area contributed by atoms with Crippen molar-refractivity contribution in [2.75, 3.05) is 0 Å². The van der Waals surface area contributed by atoms with Crippen molar-refractivity contribution < 1.29 is 13.9 Å². The molecular formula is C17H17ClO4. The van der Waals surface area contributed by atoms with Crippen molar-refractivity contribution in [3.8, 4) is 5.75 Å². The molecule has 0 aliphatic heterocycles. The Labute approximate surface area is 133 Å². The van der Waals surface area contributed by atoms with E-state index < -0.39 is 5.97 Å². The van der Waals surface area contributed by atoms with Gasteiger partial charge in [-0.2, -0.15) is 0 Å². The molecule has 1 aromatic carbocycles. The predicted molar refractivity (Wildman–Crippen MR) is 84.6 cm³/mol. The molecule has 1 saturated carbocycles. The fourth-order valence-corrected chi connectivity index (χ4v) is 3.24. The summed E-state index contributed by atoms with van der Waals surface area (Å²) in [7, 11) is 0. The second-order valence-corrected chi connectivity index (χ2v) is 6.16. The summed E-state index contributed by atoms with van der Waals surface area (Å²) in [6.07, 6.45) is 5.55. The molecule has 1 heterocycles. The third-order valence-electron chi connectivity index (χ3n) is 4.04. The second kappa shape index (κ2) is 6.13. The average molecular weight is 321 g/mol. The fraction of sp³-hybridized carbons (Fsp3) is 0.412. The molecule has 0 radical (unpaired) electrons. The number of halogens is 1. The van der Waals surface area contributed by atoms with Crippen molar-refractivity contribution in [2.45, 2.75) is 44.9 Å². The molecular weight excluding hydrogens is 304 g/mol. The topological polar surface area (TPSA) is 56.5 Å². The Balaban J connectivity index is 2.16. The van der Waals surface area contributed by atoms with Crippen LogP contribution in [0.2, 0.25) is 5.02 Å². The van der Waals surface area contributed by atoms with Crippen molar-refractivity contribution in [1.82, 2.24) is 0 Å². The average Bonchev–Trinajstić information content (AvgIpc) is 2.48. The van der Waals surface area contributed by atoms with Crippen LogP contribution in [0.4, 0.5) is 0 Å². The number of carbonyl (C=O) groups excluding carboxylic acids is 1. The zero-order valence-corrected chi connectivity index (χ0v) is 13.1. The normalized spacial score (nSPS) is 15.9. The summed E-state index contributed by atoms with van der Waals surface area (Å²) in [5.74, 6) is 0.652. The highest BCUT2D eigenvalue weighted by atomic mass is 35.5. The fourth-order valence-electron chi connectivity index (χ4n) is 3.03. The number of ether oxygens (including phenoxy) is 1. The van der Waals surface area contributed by atoms with Crippen LogP contribution >= 0.6 is 11.6 Å². The molecule has 1 aliphatic rings. The summed E-state index contributed by atoms with van der Waals surface area (Å²) in [5.41, 5.74) is 0.144. The van der Waals surface area contributed by atoms with E-state index in [0.29, 0.717) is 21.8 Å². The molecule has 0 unspecified atom stereocenters. The van der Waals surface area contributed by atoms with E-state index >= 15 is 0 Å². The number of fused-ring (bicyclic) bond motifs is 1. The van der Waals surface area contributed by atoms with Crippen molar-refractivity contribution in [3.05, 3.63) is 39.2 Å². The SMILES string of the molecule is CC(=O)Oc1cc(Cl)cc2c(=O)cc(C3CCCCC3)oc12. The maximum absolute atomic E-state index is 12.4. The highest BCUT2D eigenvalue weighted by Crippen LogP contribution is 2.35. The molecule has 1 aliphatic carbocycles. The van der Waals surface area contributed by atoms with Gasteiger partial charge in [0, 0.05) is 30.0 Å². The van der Waals surface area contributed by atoms with Crippen LogP contribution in [0.25, 0.3) is 11.0 Å². The quantitative estimate of drug-likeness (QED) is 0.607. The lowest BCUT2D eigenvalue weighted by molar-refractivity contribution is -0.131. The monoisotopic (exact) mass is 320 g/mol. The van der Waals surface area contributed by atoms with Gasteiger partial charge in [0.1, 0.15) is 5.76 Å². The van der Waals surface area contributed by atoms with Crippen LogP contribution in [0.1, 0.15) is 50.7 Å². The molecule has 0 amide bonds. The van der Waals surface area contributed by atoms with Gasteiger partial charge in [0.2, 0.25) is 0 Å². The van der Waals surface area contributed by atoms with E-state index in [0.717, 1.165) is 25.7 Å². The van der Waals surface area contributed by atoms with Crippen molar-refractivity contribution in [1.29, 1.82) is 0 Å². The number of esters is 1. The van der Waals surface area contributed by atoms with Crippen molar-refractivity contribution >= 4 is 28.5 Å². The summed E-state index contributed by atoms with van der Waals surface area (Å²) in [4.78, 5) is 23.6. The van der Waals surface area contributed by atoms with E-state index in [-0.39, 0.29) is 17.1 Å². The largest absolute Gasteiger partial charge is 0.457 e. The van der Waals surface area contributed by atoms with Gasteiger partial charge in [-0.25, -0.2) is 0 Å². The Kier molecular flexibility index (Phi) is 4.21. The lowest BCUT2D eigenvalue weighted by atomic mass is 9.87. The Morgan fingerprint density at radius 2 is 1.95 bits per heavy atom. The van der Waals surface area contributed by atoms with Gasteiger partial charge in [-0.3, -0.25) is 9.59 Å². The second-order valence-electron chi connectivity index (χ2n) is 5.72. The van der Waals surface area contributed by atoms with Gasteiger partial charge in [-0.15, -0.1) is 0 Å². The predicted octanol–water partition coefficient (Wildman–Crippen LogP) is 4.42. The van der Waals surface area contributed by atoms with Gasteiger partial charge in [-0.05, 0) is 18.9 Å². The summed E-state index contributed by atoms with van der Waals surface area (Å²) < 4.78 is 11.1.